The van der Waals surface area contributed by atoms with Crippen molar-refractivity contribution in [2.75, 3.05) is 25.5 Å². The Balaban J connectivity index is 1.57. The molecule has 1 N–H and O–H groups in total. The van der Waals surface area contributed by atoms with Crippen molar-refractivity contribution in [3.8, 4) is 5.75 Å². The van der Waals surface area contributed by atoms with E-state index in [0.717, 1.165) is 48.5 Å². The predicted molar refractivity (Wildman–Crippen MR) is 96.7 cm³/mol. The molecule has 0 aromatic heterocycles. The van der Waals surface area contributed by atoms with E-state index >= 15 is 0 Å². The molecule has 2 aromatic carbocycles. The lowest BCUT2D eigenvalue weighted by Crippen LogP contribution is -2.42. The molecule has 0 aliphatic carbocycles. The molecule has 1 saturated heterocycles. The van der Waals surface area contributed by atoms with Gasteiger partial charge in [-0.2, -0.15) is 0 Å². The molecule has 0 radical (unpaired) electrons. The van der Waals surface area contributed by atoms with E-state index in [1.165, 1.54) is 0 Å². The van der Waals surface area contributed by atoms with E-state index in [1.807, 2.05) is 60.4 Å². The standard InChI is InChI=1S/C20H24N2O2/c1-15-6-3-4-9-19(15)20(23)22-12-10-16(11-13-22)21-17-7-5-8-18(14-17)24-2/h3-9,14,16,21H,10-13H2,1-2H3. The number of ether oxygens (including phenoxy) is 1. The molecule has 0 spiro atoms. The minimum absolute atomic E-state index is 0.146. The largest absolute Gasteiger partial charge is 0.497 e. The number of hydrogen-bond donors (Lipinski definition) is 1. The molecular formula is C20H24N2O2. The lowest BCUT2D eigenvalue weighted by Gasteiger charge is -2.33. The number of methoxy groups -OCH3 is 1. The second-order valence-electron chi connectivity index (χ2n) is 6.26. The fourth-order valence-corrected chi connectivity index (χ4v) is 3.16. The second kappa shape index (κ2) is 7.39. The van der Waals surface area contributed by atoms with Crippen LogP contribution in [-0.2, 0) is 0 Å². The van der Waals surface area contributed by atoms with Crippen molar-refractivity contribution in [3.63, 3.8) is 0 Å². The molecule has 2 aromatic rings. The third kappa shape index (κ3) is 3.70. The molecule has 1 aliphatic rings. The first kappa shape index (κ1) is 16.4. The minimum atomic E-state index is 0.146. The van der Waals surface area contributed by atoms with Crippen LogP contribution < -0.4 is 10.1 Å². The molecule has 0 unspecified atom stereocenters. The SMILES string of the molecule is COc1cccc(NC2CCN(C(=O)c3ccccc3C)CC2)c1. The predicted octanol–water partition coefficient (Wildman–Crippen LogP) is 3.72. The summed E-state index contributed by atoms with van der Waals surface area (Å²) in [6.07, 6.45) is 1.91. The normalized spacial score (nSPS) is 15.2. The van der Waals surface area contributed by atoms with Gasteiger partial charge in [0.15, 0.2) is 0 Å². The highest BCUT2D eigenvalue weighted by molar-refractivity contribution is 5.95. The number of aryl methyl sites for hydroxylation is 1. The number of anilines is 1. The molecule has 0 atom stereocenters. The summed E-state index contributed by atoms with van der Waals surface area (Å²) < 4.78 is 5.26. The summed E-state index contributed by atoms with van der Waals surface area (Å²) in [4.78, 5) is 14.6. The first-order valence-corrected chi connectivity index (χ1v) is 8.43. The Hall–Kier alpha value is -2.49. The summed E-state index contributed by atoms with van der Waals surface area (Å²) in [5, 5.41) is 3.55. The summed E-state index contributed by atoms with van der Waals surface area (Å²) in [5.74, 6) is 1.00. The molecule has 4 heteroatoms. The van der Waals surface area contributed by atoms with Gasteiger partial charge in [-0.15, -0.1) is 0 Å². The topological polar surface area (TPSA) is 41.6 Å². The zero-order valence-electron chi connectivity index (χ0n) is 14.3. The van der Waals surface area contributed by atoms with Gasteiger partial charge in [0.05, 0.1) is 7.11 Å². The molecule has 1 fully saturated rings. The fraction of sp³-hybridized carbons (Fsp3) is 0.350. The van der Waals surface area contributed by atoms with E-state index in [-0.39, 0.29) is 5.91 Å². The van der Waals surface area contributed by atoms with Crippen molar-refractivity contribution in [2.45, 2.75) is 25.8 Å². The van der Waals surface area contributed by atoms with Gasteiger partial charge in [0.2, 0.25) is 0 Å². The third-order valence-electron chi connectivity index (χ3n) is 4.60. The minimum Gasteiger partial charge on any atom is -0.497 e. The number of amides is 1. The Morgan fingerprint density at radius 3 is 2.58 bits per heavy atom. The van der Waals surface area contributed by atoms with Gasteiger partial charge in [0.1, 0.15) is 5.75 Å². The second-order valence-corrected chi connectivity index (χ2v) is 6.26. The Bertz CT molecular complexity index is 706. The van der Waals surface area contributed by atoms with Crippen molar-refractivity contribution < 1.29 is 9.53 Å². The smallest absolute Gasteiger partial charge is 0.254 e. The van der Waals surface area contributed by atoms with E-state index < -0.39 is 0 Å². The maximum absolute atomic E-state index is 12.7. The Kier molecular flexibility index (Phi) is 5.04. The molecule has 1 heterocycles. The van der Waals surface area contributed by atoms with Crippen molar-refractivity contribution in [1.82, 2.24) is 4.90 Å². The lowest BCUT2D eigenvalue weighted by atomic mass is 10.0. The van der Waals surface area contributed by atoms with Gasteiger partial charge in [-0.3, -0.25) is 4.79 Å². The number of likely N-dealkylation sites (tertiary alicyclic amines) is 1. The van der Waals surface area contributed by atoms with Gasteiger partial charge in [0, 0.05) is 36.4 Å². The molecule has 3 rings (SSSR count). The van der Waals surface area contributed by atoms with Crippen molar-refractivity contribution >= 4 is 11.6 Å². The molecule has 4 nitrogen and oxygen atoms in total. The molecule has 24 heavy (non-hydrogen) atoms. The average Bonchev–Trinajstić information content (AvgIpc) is 2.62. The quantitative estimate of drug-likeness (QED) is 0.932. The van der Waals surface area contributed by atoms with E-state index in [0.29, 0.717) is 6.04 Å². The van der Waals surface area contributed by atoms with Crippen LogP contribution in [0.15, 0.2) is 48.5 Å². The average molecular weight is 324 g/mol. The zero-order chi connectivity index (χ0) is 16.9. The van der Waals surface area contributed by atoms with Crippen molar-refractivity contribution in [3.05, 3.63) is 59.7 Å². The van der Waals surface area contributed by atoms with Gasteiger partial charge in [-0.1, -0.05) is 24.3 Å². The lowest BCUT2D eigenvalue weighted by molar-refractivity contribution is 0.0718. The first-order chi connectivity index (χ1) is 11.7. The molecule has 1 aliphatic heterocycles. The van der Waals surface area contributed by atoms with Crippen LogP contribution in [0.3, 0.4) is 0 Å². The number of rotatable bonds is 4. The van der Waals surface area contributed by atoms with Crippen LogP contribution in [0.1, 0.15) is 28.8 Å². The Morgan fingerprint density at radius 2 is 1.88 bits per heavy atom. The highest BCUT2D eigenvalue weighted by Crippen LogP contribution is 2.22. The highest BCUT2D eigenvalue weighted by Gasteiger charge is 2.24. The zero-order valence-corrected chi connectivity index (χ0v) is 14.3. The molecule has 0 saturated carbocycles. The van der Waals surface area contributed by atoms with Gasteiger partial charge < -0.3 is 15.0 Å². The van der Waals surface area contributed by atoms with Crippen LogP contribution in [0.4, 0.5) is 5.69 Å². The maximum Gasteiger partial charge on any atom is 0.254 e. The number of benzene rings is 2. The van der Waals surface area contributed by atoms with E-state index in [1.54, 1.807) is 7.11 Å². The molecular weight excluding hydrogens is 300 g/mol. The van der Waals surface area contributed by atoms with Crippen molar-refractivity contribution in [1.29, 1.82) is 0 Å². The number of carbonyl (C=O) groups is 1. The summed E-state index contributed by atoms with van der Waals surface area (Å²) in [6.45, 7) is 3.56. The maximum atomic E-state index is 12.7. The number of hydrogen-bond acceptors (Lipinski definition) is 3. The third-order valence-corrected chi connectivity index (χ3v) is 4.60. The van der Waals surface area contributed by atoms with E-state index in [9.17, 15) is 4.79 Å². The van der Waals surface area contributed by atoms with E-state index in [4.69, 9.17) is 4.74 Å². The molecule has 0 bridgehead atoms. The van der Waals surface area contributed by atoms with Gasteiger partial charge in [-0.25, -0.2) is 0 Å². The first-order valence-electron chi connectivity index (χ1n) is 8.43. The molecule has 126 valence electrons. The number of nitrogens with zero attached hydrogens (tertiary/aromatic N) is 1. The Morgan fingerprint density at radius 1 is 1.12 bits per heavy atom. The van der Waals surface area contributed by atoms with Crippen molar-refractivity contribution in [2.24, 2.45) is 0 Å². The summed E-state index contributed by atoms with van der Waals surface area (Å²) in [6, 6.07) is 16.2. The van der Waals surface area contributed by atoms with Crippen LogP contribution >= 0.6 is 0 Å². The summed E-state index contributed by atoms with van der Waals surface area (Å²) in [7, 11) is 1.68. The van der Waals surface area contributed by atoms with Crippen LogP contribution in [0, 0.1) is 6.92 Å². The summed E-state index contributed by atoms with van der Waals surface area (Å²) >= 11 is 0. The van der Waals surface area contributed by atoms with Crippen LogP contribution in [-0.4, -0.2) is 37.0 Å². The van der Waals surface area contributed by atoms with Gasteiger partial charge in [0.25, 0.3) is 5.91 Å². The summed E-state index contributed by atoms with van der Waals surface area (Å²) in [5.41, 5.74) is 2.92. The van der Waals surface area contributed by atoms with E-state index in [2.05, 4.69) is 5.32 Å². The fourth-order valence-electron chi connectivity index (χ4n) is 3.16. The van der Waals surface area contributed by atoms with Gasteiger partial charge >= 0.3 is 0 Å². The molecule has 1 amide bonds. The van der Waals surface area contributed by atoms with Crippen LogP contribution in [0.25, 0.3) is 0 Å². The van der Waals surface area contributed by atoms with Crippen LogP contribution in [0.5, 0.6) is 5.75 Å². The number of carbonyl (C=O) groups excluding carboxylic acids is 1. The van der Waals surface area contributed by atoms with Gasteiger partial charge in [-0.05, 0) is 43.5 Å². The highest BCUT2D eigenvalue weighted by atomic mass is 16.5. The Labute approximate surface area is 143 Å². The number of piperidine rings is 1. The monoisotopic (exact) mass is 324 g/mol. The number of nitrogens with one attached hydrogen (secondary N) is 1. The van der Waals surface area contributed by atoms with Crippen LogP contribution in [0.2, 0.25) is 0 Å².